The molecule has 0 heterocycles. The van der Waals surface area contributed by atoms with Crippen LogP contribution in [0.3, 0.4) is 0 Å². The van der Waals surface area contributed by atoms with Gasteiger partial charge in [-0.15, -0.1) is 0 Å². The molecule has 0 aromatic heterocycles. The van der Waals surface area contributed by atoms with E-state index in [1.807, 2.05) is 92.7 Å². The molecule has 3 aromatic rings. The summed E-state index contributed by atoms with van der Waals surface area (Å²) in [6.07, 6.45) is -0.627. The Morgan fingerprint density at radius 2 is 1.26 bits per heavy atom. The summed E-state index contributed by atoms with van der Waals surface area (Å²) in [4.78, 5) is 0. The molecule has 5 heteroatoms. The van der Waals surface area contributed by atoms with Crippen molar-refractivity contribution >= 4 is 0 Å². The van der Waals surface area contributed by atoms with E-state index in [-0.39, 0.29) is 6.61 Å². The molecule has 0 radical (unpaired) electrons. The highest BCUT2D eigenvalue weighted by atomic mass is 16.5. The predicted octanol–water partition coefficient (Wildman–Crippen LogP) is 4.58. The summed E-state index contributed by atoms with van der Waals surface area (Å²) in [6, 6.07) is 25.8. The first kappa shape index (κ1) is 22.7. The molecule has 0 saturated carbocycles. The first-order valence-corrected chi connectivity index (χ1v) is 10.6. The van der Waals surface area contributed by atoms with Crippen LogP contribution in [0.25, 0.3) is 0 Å². The fourth-order valence-corrected chi connectivity index (χ4v) is 2.95. The molecule has 31 heavy (non-hydrogen) atoms. The van der Waals surface area contributed by atoms with Gasteiger partial charge in [-0.05, 0) is 23.3 Å². The highest BCUT2D eigenvalue weighted by Crippen LogP contribution is 2.38. The van der Waals surface area contributed by atoms with Crippen LogP contribution in [0.1, 0.15) is 25.0 Å². The van der Waals surface area contributed by atoms with Crippen LogP contribution in [0.2, 0.25) is 0 Å². The van der Waals surface area contributed by atoms with Gasteiger partial charge in [0.05, 0.1) is 0 Å². The zero-order chi connectivity index (χ0) is 21.9. The molecule has 0 aliphatic rings. The van der Waals surface area contributed by atoms with Crippen LogP contribution in [-0.4, -0.2) is 30.4 Å². The van der Waals surface area contributed by atoms with Crippen molar-refractivity contribution < 1.29 is 19.3 Å². The molecule has 0 amide bonds. The summed E-state index contributed by atoms with van der Waals surface area (Å²) >= 11 is 0. The van der Waals surface area contributed by atoms with E-state index in [1.54, 1.807) is 0 Å². The molecule has 1 atom stereocenters. The lowest BCUT2D eigenvalue weighted by Crippen LogP contribution is -2.35. The van der Waals surface area contributed by atoms with Crippen LogP contribution >= 0.6 is 0 Å². The Balaban J connectivity index is 1.72. The molecule has 3 aromatic carbocycles. The molecular weight excluding hydrogens is 390 g/mol. The molecule has 0 fully saturated rings. The largest absolute Gasteiger partial charge is 0.487 e. The van der Waals surface area contributed by atoms with Gasteiger partial charge in [0.25, 0.3) is 0 Å². The predicted molar refractivity (Wildman–Crippen MR) is 123 cm³/mol. The summed E-state index contributed by atoms with van der Waals surface area (Å²) in [6.45, 7) is 5.51. The van der Waals surface area contributed by atoms with Crippen molar-refractivity contribution in [3.63, 3.8) is 0 Å². The first-order chi connectivity index (χ1) is 15.1. The molecule has 2 N–H and O–H groups in total. The van der Waals surface area contributed by atoms with Crippen LogP contribution < -0.4 is 19.5 Å². The maximum Gasteiger partial charge on any atom is 0.203 e. The second kappa shape index (κ2) is 12.0. The van der Waals surface area contributed by atoms with Gasteiger partial charge >= 0.3 is 0 Å². The second-order valence-electron chi connectivity index (χ2n) is 7.66. The monoisotopic (exact) mass is 421 g/mol. The van der Waals surface area contributed by atoms with E-state index >= 15 is 0 Å². The lowest BCUT2D eigenvalue weighted by molar-refractivity contribution is 0.101. The number of benzene rings is 3. The van der Waals surface area contributed by atoms with Gasteiger partial charge in [0.1, 0.15) is 25.9 Å². The van der Waals surface area contributed by atoms with E-state index < -0.39 is 6.10 Å². The van der Waals surface area contributed by atoms with E-state index in [2.05, 4.69) is 5.32 Å². The highest BCUT2D eigenvalue weighted by molar-refractivity contribution is 5.51. The van der Waals surface area contributed by atoms with Gasteiger partial charge in [-0.3, -0.25) is 0 Å². The molecular formula is C26H31NO4. The third-order valence-electron chi connectivity index (χ3n) is 4.60. The van der Waals surface area contributed by atoms with Crippen molar-refractivity contribution in [2.75, 3.05) is 13.2 Å². The third-order valence-corrected chi connectivity index (χ3v) is 4.60. The quantitative estimate of drug-likeness (QED) is 0.448. The van der Waals surface area contributed by atoms with Crippen molar-refractivity contribution in [3.8, 4) is 17.2 Å². The third kappa shape index (κ3) is 7.63. The molecule has 0 aliphatic carbocycles. The Morgan fingerprint density at radius 3 is 1.84 bits per heavy atom. The number of para-hydroxylation sites is 1. The average molecular weight is 422 g/mol. The SMILES string of the molecule is CC(C)NCC(O)COc1cccc(OCc2ccccc2)c1OCc1ccccc1. The minimum atomic E-state index is -0.627. The Kier molecular flexibility index (Phi) is 8.76. The summed E-state index contributed by atoms with van der Waals surface area (Å²) < 4.78 is 18.1. The molecule has 0 saturated heterocycles. The van der Waals surface area contributed by atoms with Crippen LogP contribution in [0, 0.1) is 0 Å². The number of hydrogen-bond acceptors (Lipinski definition) is 5. The first-order valence-electron chi connectivity index (χ1n) is 10.6. The summed E-state index contributed by atoms with van der Waals surface area (Å²) in [5.41, 5.74) is 2.12. The molecule has 0 aliphatic heterocycles. The van der Waals surface area contributed by atoms with E-state index in [9.17, 15) is 5.11 Å². The topological polar surface area (TPSA) is 60.0 Å². The van der Waals surface area contributed by atoms with Crippen LogP contribution in [0.4, 0.5) is 0 Å². The van der Waals surface area contributed by atoms with Gasteiger partial charge in [0, 0.05) is 12.6 Å². The molecule has 0 bridgehead atoms. The smallest absolute Gasteiger partial charge is 0.203 e. The Bertz CT molecular complexity index is 900. The lowest BCUT2D eigenvalue weighted by Gasteiger charge is -2.19. The van der Waals surface area contributed by atoms with Crippen LogP contribution in [0.15, 0.2) is 78.9 Å². The molecule has 0 spiro atoms. The zero-order valence-electron chi connectivity index (χ0n) is 18.2. The molecule has 1 unspecified atom stereocenters. The van der Waals surface area contributed by atoms with Crippen molar-refractivity contribution in [3.05, 3.63) is 90.0 Å². The Labute approximate surface area is 184 Å². The van der Waals surface area contributed by atoms with E-state index in [1.165, 1.54) is 0 Å². The van der Waals surface area contributed by atoms with Crippen molar-refractivity contribution in [2.24, 2.45) is 0 Å². The van der Waals surface area contributed by atoms with Crippen molar-refractivity contribution in [1.82, 2.24) is 5.32 Å². The Hall–Kier alpha value is -3.02. The van der Waals surface area contributed by atoms with Crippen LogP contribution in [-0.2, 0) is 13.2 Å². The number of rotatable bonds is 12. The number of ether oxygens (including phenoxy) is 3. The van der Waals surface area contributed by atoms with Gasteiger partial charge in [-0.1, -0.05) is 80.6 Å². The maximum absolute atomic E-state index is 10.2. The van der Waals surface area contributed by atoms with E-state index in [0.29, 0.717) is 43.0 Å². The van der Waals surface area contributed by atoms with Gasteiger partial charge < -0.3 is 24.6 Å². The normalized spacial score (nSPS) is 11.9. The molecule has 5 nitrogen and oxygen atoms in total. The van der Waals surface area contributed by atoms with Gasteiger partial charge in [0.15, 0.2) is 11.5 Å². The summed E-state index contributed by atoms with van der Waals surface area (Å²) in [5.74, 6) is 1.68. The number of aliphatic hydroxyl groups is 1. The minimum absolute atomic E-state index is 0.156. The number of aliphatic hydroxyl groups excluding tert-OH is 1. The number of hydrogen-bond donors (Lipinski definition) is 2. The van der Waals surface area contributed by atoms with Gasteiger partial charge in [0.2, 0.25) is 5.75 Å². The highest BCUT2D eigenvalue weighted by Gasteiger charge is 2.15. The average Bonchev–Trinajstić information content (AvgIpc) is 2.80. The maximum atomic E-state index is 10.2. The van der Waals surface area contributed by atoms with E-state index in [0.717, 1.165) is 11.1 Å². The van der Waals surface area contributed by atoms with E-state index in [4.69, 9.17) is 14.2 Å². The van der Waals surface area contributed by atoms with Gasteiger partial charge in [-0.25, -0.2) is 0 Å². The summed E-state index contributed by atoms with van der Waals surface area (Å²) in [5, 5.41) is 13.4. The van der Waals surface area contributed by atoms with Crippen LogP contribution in [0.5, 0.6) is 17.2 Å². The fraction of sp³-hybridized carbons (Fsp3) is 0.308. The zero-order valence-corrected chi connectivity index (χ0v) is 18.2. The lowest BCUT2D eigenvalue weighted by atomic mass is 10.2. The minimum Gasteiger partial charge on any atom is -0.487 e. The number of nitrogens with one attached hydrogen (secondary N) is 1. The summed E-state index contributed by atoms with van der Waals surface area (Å²) in [7, 11) is 0. The fourth-order valence-electron chi connectivity index (χ4n) is 2.95. The Morgan fingerprint density at radius 1 is 0.710 bits per heavy atom. The van der Waals surface area contributed by atoms with Crippen molar-refractivity contribution in [1.29, 1.82) is 0 Å². The molecule has 3 rings (SSSR count). The van der Waals surface area contributed by atoms with Gasteiger partial charge in [-0.2, -0.15) is 0 Å². The van der Waals surface area contributed by atoms with Crippen molar-refractivity contribution in [2.45, 2.75) is 39.2 Å². The second-order valence-corrected chi connectivity index (χ2v) is 7.66. The molecule has 164 valence electrons. The standard InChI is InChI=1S/C26H31NO4/c1-20(2)27-16-23(28)19-30-25-15-9-14-24(29-17-21-10-5-3-6-11-21)26(25)31-18-22-12-7-4-8-13-22/h3-15,20,23,27-28H,16-19H2,1-2H3.